The Hall–Kier alpha value is 0.540. The number of aliphatic hydroxyl groups excluding tert-OH is 2. The number of unbranched alkanes of at least 4 members (excludes halogenated alkanes) is 2. The Morgan fingerprint density at radius 2 is 1.11 bits per heavy atom. The summed E-state index contributed by atoms with van der Waals surface area (Å²) in [6, 6.07) is 0. The van der Waals surface area contributed by atoms with Crippen LogP contribution in [0.3, 0.4) is 0 Å². The molecule has 0 amide bonds. The van der Waals surface area contributed by atoms with Gasteiger partial charge in [-0.25, -0.2) is 8.61 Å². The van der Waals surface area contributed by atoms with E-state index in [4.69, 9.17) is 10.2 Å². The minimum atomic E-state index is 0.201. The van der Waals surface area contributed by atoms with Crippen molar-refractivity contribution in [2.45, 2.75) is 39.5 Å². The van der Waals surface area contributed by atoms with E-state index in [1.165, 1.54) is 12.8 Å². The van der Waals surface area contributed by atoms with Crippen LogP contribution >= 0.6 is 22.0 Å². The number of hydrogen-bond donors (Lipinski definition) is 2. The summed E-state index contributed by atoms with van der Waals surface area (Å²) in [6.07, 6.45) is 4.65. The lowest BCUT2D eigenvalue weighted by molar-refractivity contribution is 0.259. The quantitative estimate of drug-likeness (QED) is 0.402. The van der Waals surface area contributed by atoms with E-state index in [9.17, 15) is 0 Å². The Morgan fingerprint density at radius 1 is 0.722 bits per heavy atom. The lowest BCUT2D eigenvalue weighted by Gasteiger charge is -2.24. The van der Waals surface area contributed by atoms with E-state index >= 15 is 0 Å². The van der Waals surface area contributed by atoms with Crippen LogP contribution in [0.2, 0.25) is 0 Å². The summed E-state index contributed by atoms with van der Waals surface area (Å²) in [7, 11) is 3.38. The summed E-state index contributed by atoms with van der Waals surface area (Å²) in [5.74, 6) is 0. The van der Waals surface area contributed by atoms with E-state index in [0.29, 0.717) is 13.1 Å². The second-order valence-corrected chi connectivity index (χ2v) is 6.39. The zero-order chi connectivity index (χ0) is 13.6. The van der Waals surface area contributed by atoms with Crippen LogP contribution in [0.1, 0.15) is 39.5 Å². The van der Waals surface area contributed by atoms with Gasteiger partial charge in [0.05, 0.1) is 13.2 Å². The van der Waals surface area contributed by atoms with E-state index in [1.807, 2.05) is 0 Å². The van der Waals surface area contributed by atoms with Gasteiger partial charge < -0.3 is 10.2 Å². The molecule has 0 aliphatic rings. The van der Waals surface area contributed by atoms with E-state index in [2.05, 4.69) is 22.5 Å². The molecular formula is C12H28N2O2S2. The fraction of sp³-hybridized carbons (Fsp3) is 1.00. The predicted octanol–water partition coefficient (Wildman–Crippen LogP) is 2.39. The van der Waals surface area contributed by atoms with Crippen LogP contribution in [-0.4, -0.2) is 58.2 Å². The molecular weight excluding hydrogens is 268 g/mol. The first kappa shape index (κ1) is 18.5. The first-order chi connectivity index (χ1) is 8.78. The maximum atomic E-state index is 9.03. The molecule has 0 aromatic heterocycles. The average Bonchev–Trinajstić information content (AvgIpc) is 2.38. The third-order valence-corrected chi connectivity index (χ3v) is 5.15. The molecule has 0 fully saturated rings. The second-order valence-electron chi connectivity index (χ2n) is 4.16. The first-order valence-electron chi connectivity index (χ1n) is 6.84. The van der Waals surface area contributed by atoms with Gasteiger partial charge in [-0.1, -0.05) is 26.7 Å². The average molecular weight is 297 g/mol. The Bertz CT molecular complexity index is 158. The number of hydrogen-bond acceptors (Lipinski definition) is 6. The molecule has 0 aliphatic carbocycles. The summed E-state index contributed by atoms with van der Waals surface area (Å²) < 4.78 is 4.40. The van der Waals surface area contributed by atoms with Crippen molar-refractivity contribution in [3.63, 3.8) is 0 Å². The molecule has 0 atom stereocenters. The van der Waals surface area contributed by atoms with Crippen molar-refractivity contribution in [3.8, 4) is 0 Å². The van der Waals surface area contributed by atoms with E-state index < -0.39 is 0 Å². The van der Waals surface area contributed by atoms with Crippen LogP contribution in [0.4, 0.5) is 0 Å². The second kappa shape index (κ2) is 14.0. The summed E-state index contributed by atoms with van der Waals surface area (Å²) in [4.78, 5) is 0. The van der Waals surface area contributed by atoms with Crippen LogP contribution in [-0.2, 0) is 0 Å². The number of nitrogens with zero attached hydrogens (tertiary/aromatic N) is 2. The van der Waals surface area contributed by atoms with Gasteiger partial charge in [0.25, 0.3) is 0 Å². The molecule has 0 bridgehead atoms. The van der Waals surface area contributed by atoms with Gasteiger partial charge in [-0.3, -0.25) is 0 Å². The van der Waals surface area contributed by atoms with E-state index in [0.717, 1.165) is 25.9 Å². The van der Waals surface area contributed by atoms with Crippen LogP contribution in [0, 0.1) is 0 Å². The molecule has 0 aromatic carbocycles. The number of aliphatic hydroxyl groups is 2. The molecule has 0 aliphatic heterocycles. The molecule has 0 rings (SSSR count). The highest BCUT2D eigenvalue weighted by Crippen LogP contribution is 2.29. The molecule has 0 aromatic rings. The molecule has 0 unspecified atom stereocenters. The maximum absolute atomic E-state index is 9.03. The van der Waals surface area contributed by atoms with Gasteiger partial charge >= 0.3 is 0 Å². The minimum absolute atomic E-state index is 0.201. The molecule has 0 spiro atoms. The molecule has 0 saturated carbocycles. The summed E-state index contributed by atoms with van der Waals surface area (Å²) in [5, 5.41) is 18.1. The highest BCUT2D eigenvalue weighted by Gasteiger charge is 2.10. The van der Waals surface area contributed by atoms with Crippen LogP contribution in [0.25, 0.3) is 0 Å². The smallest absolute Gasteiger partial charge is 0.0568 e. The van der Waals surface area contributed by atoms with Gasteiger partial charge in [0.15, 0.2) is 0 Å². The van der Waals surface area contributed by atoms with Gasteiger partial charge in [-0.2, -0.15) is 0 Å². The standard InChI is InChI=1S/C12H28N2O2S2/c1-3-5-7-13(9-11-15)17-18-14(10-12-16)8-6-4-2/h15-16H,3-12H2,1-2H3. The summed E-state index contributed by atoms with van der Waals surface area (Å²) in [6.45, 7) is 8.18. The third kappa shape index (κ3) is 10.5. The van der Waals surface area contributed by atoms with Crippen LogP contribution in [0.5, 0.6) is 0 Å². The summed E-state index contributed by atoms with van der Waals surface area (Å²) >= 11 is 0. The van der Waals surface area contributed by atoms with Crippen molar-refractivity contribution >= 4 is 22.0 Å². The van der Waals surface area contributed by atoms with Crippen molar-refractivity contribution < 1.29 is 10.2 Å². The van der Waals surface area contributed by atoms with Crippen molar-refractivity contribution in [1.82, 2.24) is 8.61 Å². The Balaban J connectivity index is 3.92. The monoisotopic (exact) mass is 296 g/mol. The third-order valence-electron chi connectivity index (χ3n) is 2.47. The predicted molar refractivity (Wildman–Crippen MR) is 82.3 cm³/mol. The lowest BCUT2D eigenvalue weighted by Crippen LogP contribution is -2.24. The van der Waals surface area contributed by atoms with Gasteiger partial charge in [0.2, 0.25) is 0 Å². The van der Waals surface area contributed by atoms with E-state index in [1.54, 1.807) is 22.0 Å². The van der Waals surface area contributed by atoms with Gasteiger partial charge in [-0.15, -0.1) is 0 Å². The minimum Gasteiger partial charge on any atom is -0.395 e. The molecule has 110 valence electrons. The summed E-state index contributed by atoms with van der Waals surface area (Å²) in [5.41, 5.74) is 0. The fourth-order valence-corrected chi connectivity index (χ4v) is 3.73. The number of rotatable bonds is 13. The maximum Gasteiger partial charge on any atom is 0.0568 e. The molecule has 4 nitrogen and oxygen atoms in total. The molecule has 0 saturated heterocycles. The topological polar surface area (TPSA) is 46.9 Å². The first-order valence-corrected chi connectivity index (χ1v) is 8.91. The largest absolute Gasteiger partial charge is 0.395 e. The molecule has 18 heavy (non-hydrogen) atoms. The Kier molecular flexibility index (Phi) is 14.4. The van der Waals surface area contributed by atoms with Crippen molar-refractivity contribution in [1.29, 1.82) is 0 Å². The molecule has 0 heterocycles. The lowest BCUT2D eigenvalue weighted by atomic mass is 10.3. The highest BCUT2D eigenvalue weighted by atomic mass is 33.1. The van der Waals surface area contributed by atoms with Crippen LogP contribution in [0.15, 0.2) is 0 Å². The molecule has 2 N–H and O–H groups in total. The van der Waals surface area contributed by atoms with Gasteiger partial charge in [0.1, 0.15) is 0 Å². The van der Waals surface area contributed by atoms with Crippen molar-refractivity contribution in [2.24, 2.45) is 0 Å². The SMILES string of the molecule is CCCCN(CCO)SSN(CCO)CCCC. The zero-order valence-corrected chi connectivity index (χ0v) is 13.3. The molecule has 0 radical (unpaired) electrons. The fourth-order valence-electron chi connectivity index (χ4n) is 1.36. The Labute approximate surface area is 120 Å². The van der Waals surface area contributed by atoms with Crippen molar-refractivity contribution in [2.75, 3.05) is 39.4 Å². The van der Waals surface area contributed by atoms with Gasteiger partial charge in [0, 0.05) is 48.1 Å². The highest BCUT2D eigenvalue weighted by molar-refractivity contribution is 8.74. The Morgan fingerprint density at radius 3 is 1.39 bits per heavy atom. The van der Waals surface area contributed by atoms with E-state index in [-0.39, 0.29) is 13.2 Å². The normalized spacial score (nSPS) is 11.7. The van der Waals surface area contributed by atoms with Crippen molar-refractivity contribution in [3.05, 3.63) is 0 Å². The zero-order valence-electron chi connectivity index (χ0n) is 11.7. The molecule has 6 heteroatoms. The van der Waals surface area contributed by atoms with Crippen LogP contribution < -0.4 is 0 Å². The van der Waals surface area contributed by atoms with Gasteiger partial charge in [-0.05, 0) is 12.8 Å².